The first-order valence-electron chi connectivity index (χ1n) is 10.2. The second kappa shape index (κ2) is 9.00. The number of carbonyl (C=O) groups excluding carboxylic acids is 1. The highest BCUT2D eigenvalue weighted by molar-refractivity contribution is 8.00. The molecule has 0 bridgehead atoms. The van der Waals surface area contributed by atoms with Gasteiger partial charge in [0.05, 0.1) is 10.8 Å². The van der Waals surface area contributed by atoms with Gasteiger partial charge >= 0.3 is 0 Å². The van der Waals surface area contributed by atoms with Crippen LogP contribution in [0.15, 0.2) is 59.8 Å². The Labute approximate surface area is 180 Å². The van der Waals surface area contributed by atoms with Crippen LogP contribution in [-0.2, 0) is 4.79 Å². The number of amides is 1. The summed E-state index contributed by atoms with van der Waals surface area (Å²) in [4.78, 5) is 12.7. The summed E-state index contributed by atoms with van der Waals surface area (Å²) in [6, 6.07) is 17.0. The average Bonchev–Trinajstić information content (AvgIpc) is 3.53. The lowest BCUT2D eigenvalue weighted by atomic mass is 10.0. The molecular weight excluding hydrogens is 399 g/mol. The molecule has 2 aromatic carbocycles. The van der Waals surface area contributed by atoms with Gasteiger partial charge in [-0.25, -0.2) is 4.39 Å². The second-order valence-corrected chi connectivity index (χ2v) is 9.01. The summed E-state index contributed by atoms with van der Waals surface area (Å²) in [5.74, 6) is 0.406. The number of benzene rings is 2. The van der Waals surface area contributed by atoms with E-state index >= 15 is 0 Å². The van der Waals surface area contributed by atoms with Crippen molar-refractivity contribution in [2.75, 3.05) is 6.54 Å². The standard InChI is InChI=1S/C23H25FN4OS/c1-15(17-8-4-3-5-9-17)14-25-22(29)16(2)30-23-27-26-21(28(23)18-12-13-18)19-10-6-7-11-20(19)24/h3-11,15-16,18H,12-14H2,1-2H3,(H,25,29)/t15-,16-/m1/s1. The summed E-state index contributed by atoms with van der Waals surface area (Å²) < 4.78 is 16.3. The molecule has 1 N–H and O–H groups in total. The Kier molecular flexibility index (Phi) is 6.18. The molecule has 3 aromatic rings. The maximum Gasteiger partial charge on any atom is 0.233 e. The van der Waals surface area contributed by atoms with Crippen LogP contribution < -0.4 is 5.32 Å². The quantitative estimate of drug-likeness (QED) is 0.527. The number of hydrogen-bond donors (Lipinski definition) is 1. The maximum absolute atomic E-state index is 14.3. The van der Waals surface area contributed by atoms with Crippen molar-refractivity contribution in [1.82, 2.24) is 20.1 Å². The minimum atomic E-state index is -0.330. The molecule has 1 aromatic heterocycles. The molecule has 30 heavy (non-hydrogen) atoms. The number of nitrogens with zero attached hydrogens (tertiary/aromatic N) is 3. The molecule has 0 aliphatic heterocycles. The first-order valence-corrected chi connectivity index (χ1v) is 11.1. The van der Waals surface area contributed by atoms with Gasteiger partial charge < -0.3 is 5.32 Å². The van der Waals surface area contributed by atoms with E-state index in [-0.39, 0.29) is 28.9 Å². The third-order valence-electron chi connectivity index (χ3n) is 5.29. The van der Waals surface area contributed by atoms with Gasteiger partial charge in [0.25, 0.3) is 0 Å². The smallest absolute Gasteiger partial charge is 0.233 e. The van der Waals surface area contributed by atoms with E-state index < -0.39 is 0 Å². The van der Waals surface area contributed by atoms with Crippen LogP contribution in [0.5, 0.6) is 0 Å². The summed E-state index contributed by atoms with van der Waals surface area (Å²) in [6.07, 6.45) is 2.03. The van der Waals surface area contributed by atoms with E-state index in [1.165, 1.54) is 23.4 Å². The van der Waals surface area contributed by atoms with Crippen molar-refractivity contribution in [2.24, 2.45) is 0 Å². The van der Waals surface area contributed by atoms with Gasteiger partial charge in [-0.3, -0.25) is 9.36 Å². The topological polar surface area (TPSA) is 59.8 Å². The zero-order chi connectivity index (χ0) is 21.1. The molecule has 1 heterocycles. The number of halogens is 1. The van der Waals surface area contributed by atoms with Gasteiger partial charge in [0.2, 0.25) is 5.91 Å². The normalized spacial score (nSPS) is 15.6. The molecule has 1 aliphatic rings. The fourth-order valence-electron chi connectivity index (χ4n) is 3.35. The van der Waals surface area contributed by atoms with Crippen molar-refractivity contribution in [1.29, 1.82) is 0 Å². The minimum Gasteiger partial charge on any atom is -0.355 e. The van der Waals surface area contributed by atoms with E-state index in [9.17, 15) is 9.18 Å². The van der Waals surface area contributed by atoms with Gasteiger partial charge in [-0.05, 0) is 43.4 Å². The van der Waals surface area contributed by atoms with Crippen molar-refractivity contribution in [3.63, 3.8) is 0 Å². The summed E-state index contributed by atoms with van der Waals surface area (Å²) in [5.41, 5.74) is 1.64. The first kappa shape index (κ1) is 20.6. The number of carbonyl (C=O) groups is 1. The number of nitrogens with one attached hydrogen (secondary N) is 1. The van der Waals surface area contributed by atoms with Crippen LogP contribution in [0.3, 0.4) is 0 Å². The molecular formula is C23H25FN4OS. The zero-order valence-electron chi connectivity index (χ0n) is 17.1. The van der Waals surface area contributed by atoms with Crippen LogP contribution in [0, 0.1) is 5.82 Å². The number of rotatable bonds is 8. The first-order chi connectivity index (χ1) is 14.5. The second-order valence-electron chi connectivity index (χ2n) is 7.70. The fraction of sp³-hybridized carbons (Fsp3) is 0.348. The molecule has 4 rings (SSSR count). The van der Waals surface area contributed by atoms with E-state index in [0.29, 0.717) is 23.1 Å². The van der Waals surface area contributed by atoms with Gasteiger partial charge in [-0.1, -0.05) is 61.2 Å². The molecule has 1 aliphatic carbocycles. The largest absolute Gasteiger partial charge is 0.355 e. The van der Waals surface area contributed by atoms with E-state index in [2.05, 4.69) is 34.6 Å². The highest BCUT2D eigenvalue weighted by Gasteiger charge is 2.32. The lowest BCUT2D eigenvalue weighted by Gasteiger charge is -2.16. The maximum atomic E-state index is 14.3. The number of aromatic nitrogens is 3. The molecule has 1 amide bonds. The van der Waals surface area contributed by atoms with Crippen LogP contribution in [0.1, 0.15) is 44.2 Å². The highest BCUT2D eigenvalue weighted by Crippen LogP contribution is 2.42. The monoisotopic (exact) mass is 424 g/mol. The number of hydrogen-bond acceptors (Lipinski definition) is 4. The minimum absolute atomic E-state index is 0.0411. The number of thioether (sulfide) groups is 1. The van der Waals surface area contributed by atoms with Crippen molar-refractivity contribution in [2.45, 2.75) is 49.1 Å². The summed E-state index contributed by atoms with van der Waals surface area (Å²) in [7, 11) is 0. The fourth-order valence-corrected chi connectivity index (χ4v) is 4.30. The zero-order valence-corrected chi connectivity index (χ0v) is 17.9. The molecule has 1 saturated carbocycles. The van der Waals surface area contributed by atoms with Crippen LogP contribution in [-0.4, -0.2) is 32.5 Å². The Morgan fingerprint density at radius 2 is 1.83 bits per heavy atom. The Morgan fingerprint density at radius 1 is 1.13 bits per heavy atom. The highest BCUT2D eigenvalue weighted by atomic mass is 32.2. The lowest BCUT2D eigenvalue weighted by Crippen LogP contribution is -2.33. The molecule has 0 saturated heterocycles. The van der Waals surface area contributed by atoms with Crippen molar-refractivity contribution < 1.29 is 9.18 Å². The Morgan fingerprint density at radius 3 is 2.53 bits per heavy atom. The Bertz CT molecular complexity index is 1020. The average molecular weight is 425 g/mol. The summed E-state index contributed by atoms with van der Waals surface area (Å²) in [6.45, 7) is 4.53. The van der Waals surface area contributed by atoms with Crippen LogP contribution >= 0.6 is 11.8 Å². The van der Waals surface area contributed by atoms with E-state index in [1.54, 1.807) is 18.2 Å². The van der Waals surface area contributed by atoms with Crippen LogP contribution in [0.25, 0.3) is 11.4 Å². The van der Waals surface area contributed by atoms with Crippen LogP contribution in [0.2, 0.25) is 0 Å². The van der Waals surface area contributed by atoms with Crippen molar-refractivity contribution >= 4 is 17.7 Å². The predicted molar refractivity (Wildman–Crippen MR) is 117 cm³/mol. The molecule has 156 valence electrons. The molecule has 1 fully saturated rings. The van der Waals surface area contributed by atoms with Gasteiger partial charge in [0.1, 0.15) is 5.82 Å². The van der Waals surface area contributed by atoms with Crippen LogP contribution in [0.4, 0.5) is 4.39 Å². The van der Waals surface area contributed by atoms with E-state index in [0.717, 1.165) is 12.8 Å². The van der Waals surface area contributed by atoms with E-state index in [4.69, 9.17) is 0 Å². The Balaban J connectivity index is 1.44. The van der Waals surface area contributed by atoms with Gasteiger partial charge in [-0.15, -0.1) is 10.2 Å². The molecule has 0 spiro atoms. The van der Waals surface area contributed by atoms with Crippen molar-refractivity contribution in [3.8, 4) is 11.4 Å². The Hall–Kier alpha value is -2.67. The molecule has 0 unspecified atom stereocenters. The molecule has 5 nitrogen and oxygen atoms in total. The van der Waals surface area contributed by atoms with E-state index in [1.807, 2.05) is 29.7 Å². The SMILES string of the molecule is C[C@H](CNC(=O)[C@@H](C)Sc1nnc(-c2ccccc2F)n1C1CC1)c1ccccc1. The third-order valence-corrected chi connectivity index (χ3v) is 6.35. The van der Waals surface area contributed by atoms with Gasteiger partial charge in [0, 0.05) is 12.6 Å². The van der Waals surface area contributed by atoms with Crippen molar-refractivity contribution in [3.05, 3.63) is 66.0 Å². The predicted octanol–water partition coefficient (Wildman–Crippen LogP) is 4.82. The summed E-state index contributed by atoms with van der Waals surface area (Å²) in [5, 5.41) is 11.9. The molecule has 2 atom stereocenters. The van der Waals surface area contributed by atoms with Gasteiger partial charge in [0.15, 0.2) is 11.0 Å². The van der Waals surface area contributed by atoms with Gasteiger partial charge in [-0.2, -0.15) is 0 Å². The molecule has 0 radical (unpaired) electrons. The summed E-state index contributed by atoms with van der Waals surface area (Å²) >= 11 is 1.37. The molecule has 7 heteroatoms. The lowest BCUT2D eigenvalue weighted by molar-refractivity contribution is -0.120. The third kappa shape index (κ3) is 4.56.